The molecule has 0 unspecified atom stereocenters. The number of hydrogen-bond donors (Lipinski definition) is 1. The molecule has 0 bridgehead atoms. The van der Waals surface area contributed by atoms with Crippen molar-refractivity contribution in [3.63, 3.8) is 0 Å². The fourth-order valence-corrected chi connectivity index (χ4v) is 3.09. The molecule has 0 radical (unpaired) electrons. The molecular weight excluding hydrogens is 256 g/mol. The Balaban J connectivity index is 2.11. The third kappa shape index (κ3) is 2.92. The van der Waals surface area contributed by atoms with Crippen LogP contribution in [0.25, 0.3) is 0 Å². The molecule has 1 aliphatic heterocycles. The van der Waals surface area contributed by atoms with Crippen LogP contribution in [0.15, 0.2) is 21.6 Å². The third-order valence-electron chi connectivity index (χ3n) is 2.75. The average molecular weight is 274 g/mol. The summed E-state index contributed by atoms with van der Waals surface area (Å²) >= 11 is 0. The van der Waals surface area contributed by atoms with Gasteiger partial charge in [-0.1, -0.05) is 6.92 Å². The van der Waals surface area contributed by atoms with Crippen molar-refractivity contribution in [2.45, 2.75) is 18.6 Å². The van der Waals surface area contributed by atoms with Crippen LogP contribution in [-0.4, -0.2) is 45.6 Å². The fraction of sp³-hybridized carbons (Fsp3) is 0.636. The molecule has 6 nitrogen and oxygen atoms in total. The largest absolute Gasteiger partial charge is 0.447 e. The Labute approximate surface area is 107 Å². The molecular formula is C11H18N2O4S. The number of sulfonamides is 1. The number of nitrogens with one attached hydrogen (secondary N) is 1. The molecule has 7 heteroatoms. The van der Waals surface area contributed by atoms with Crippen LogP contribution in [0.4, 0.5) is 0 Å². The Bertz CT molecular complexity index is 477. The van der Waals surface area contributed by atoms with Crippen LogP contribution in [-0.2, 0) is 21.3 Å². The predicted molar refractivity (Wildman–Crippen MR) is 65.7 cm³/mol. The summed E-state index contributed by atoms with van der Waals surface area (Å²) < 4.78 is 36.4. The lowest BCUT2D eigenvalue weighted by atomic mass is 10.4. The van der Waals surface area contributed by atoms with Gasteiger partial charge >= 0.3 is 0 Å². The molecule has 0 aromatic carbocycles. The van der Waals surface area contributed by atoms with Crippen LogP contribution < -0.4 is 5.32 Å². The topological polar surface area (TPSA) is 71.8 Å². The lowest BCUT2D eigenvalue weighted by molar-refractivity contribution is 0.0723. The lowest BCUT2D eigenvalue weighted by Gasteiger charge is -2.24. The first-order valence-electron chi connectivity index (χ1n) is 6.02. The van der Waals surface area contributed by atoms with E-state index in [4.69, 9.17) is 9.15 Å². The van der Waals surface area contributed by atoms with Gasteiger partial charge in [-0.3, -0.25) is 0 Å². The highest BCUT2D eigenvalue weighted by atomic mass is 32.2. The van der Waals surface area contributed by atoms with E-state index < -0.39 is 10.0 Å². The van der Waals surface area contributed by atoms with Crippen LogP contribution in [0.1, 0.15) is 12.7 Å². The zero-order valence-corrected chi connectivity index (χ0v) is 11.2. The average Bonchev–Trinajstić information content (AvgIpc) is 2.87. The Hall–Kier alpha value is -0.890. The van der Waals surface area contributed by atoms with Gasteiger partial charge in [0.1, 0.15) is 5.76 Å². The minimum atomic E-state index is -3.51. The van der Waals surface area contributed by atoms with Crippen molar-refractivity contribution in [2.75, 3.05) is 32.8 Å². The molecule has 102 valence electrons. The van der Waals surface area contributed by atoms with Gasteiger partial charge in [0.2, 0.25) is 5.09 Å². The quantitative estimate of drug-likeness (QED) is 0.842. The number of morpholine rings is 1. The van der Waals surface area contributed by atoms with E-state index in [1.807, 2.05) is 6.92 Å². The van der Waals surface area contributed by atoms with E-state index in [0.717, 1.165) is 6.54 Å². The van der Waals surface area contributed by atoms with Gasteiger partial charge in [0.25, 0.3) is 10.0 Å². The number of ether oxygens (including phenoxy) is 1. The summed E-state index contributed by atoms with van der Waals surface area (Å²) in [5.74, 6) is 0.628. The molecule has 0 saturated carbocycles. The lowest BCUT2D eigenvalue weighted by Crippen LogP contribution is -2.40. The number of hydrogen-bond acceptors (Lipinski definition) is 5. The Morgan fingerprint density at radius 1 is 1.33 bits per heavy atom. The Morgan fingerprint density at radius 2 is 2.06 bits per heavy atom. The molecule has 1 aromatic rings. The van der Waals surface area contributed by atoms with Gasteiger partial charge in [0.15, 0.2) is 0 Å². The van der Waals surface area contributed by atoms with Crippen molar-refractivity contribution in [3.05, 3.63) is 17.9 Å². The molecule has 1 saturated heterocycles. The molecule has 1 fully saturated rings. The first kappa shape index (κ1) is 13.5. The number of furan rings is 1. The Morgan fingerprint density at radius 3 is 2.72 bits per heavy atom. The highest BCUT2D eigenvalue weighted by Crippen LogP contribution is 2.19. The van der Waals surface area contributed by atoms with Crippen LogP contribution in [0, 0.1) is 0 Å². The maximum atomic E-state index is 12.2. The molecule has 2 rings (SSSR count). The first-order chi connectivity index (χ1) is 8.64. The molecule has 0 aliphatic carbocycles. The molecule has 1 aromatic heterocycles. The van der Waals surface area contributed by atoms with Crippen molar-refractivity contribution in [1.82, 2.24) is 9.62 Å². The van der Waals surface area contributed by atoms with E-state index in [9.17, 15) is 8.42 Å². The van der Waals surface area contributed by atoms with Gasteiger partial charge in [0, 0.05) is 13.1 Å². The van der Waals surface area contributed by atoms with Gasteiger partial charge in [-0.2, -0.15) is 4.31 Å². The van der Waals surface area contributed by atoms with E-state index in [1.54, 1.807) is 6.07 Å². The third-order valence-corrected chi connectivity index (χ3v) is 4.52. The molecule has 0 amide bonds. The van der Waals surface area contributed by atoms with Crippen LogP contribution in [0.5, 0.6) is 0 Å². The van der Waals surface area contributed by atoms with Crippen molar-refractivity contribution in [1.29, 1.82) is 0 Å². The molecule has 1 aliphatic rings. The van der Waals surface area contributed by atoms with E-state index >= 15 is 0 Å². The summed E-state index contributed by atoms with van der Waals surface area (Å²) in [7, 11) is -3.51. The van der Waals surface area contributed by atoms with Crippen LogP contribution >= 0.6 is 0 Å². The monoisotopic (exact) mass is 274 g/mol. The summed E-state index contributed by atoms with van der Waals surface area (Å²) in [6.45, 7) is 4.96. The van der Waals surface area contributed by atoms with Crippen LogP contribution in [0.3, 0.4) is 0 Å². The summed E-state index contributed by atoms with van der Waals surface area (Å²) in [6, 6.07) is 3.20. The molecule has 0 spiro atoms. The van der Waals surface area contributed by atoms with Gasteiger partial charge in [0.05, 0.1) is 19.8 Å². The summed E-state index contributed by atoms with van der Waals surface area (Å²) in [6.07, 6.45) is 0. The van der Waals surface area contributed by atoms with Crippen molar-refractivity contribution < 1.29 is 17.6 Å². The second-order valence-corrected chi connectivity index (χ2v) is 5.89. The number of rotatable bonds is 5. The summed E-state index contributed by atoms with van der Waals surface area (Å²) in [5.41, 5.74) is 0. The molecule has 2 heterocycles. The first-order valence-corrected chi connectivity index (χ1v) is 7.46. The highest BCUT2D eigenvalue weighted by molar-refractivity contribution is 7.89. The number of nitrogens with zero attached hydrogens (tertiary/aromatic N) is 1. The zero-order valence-electron chi connectivity index (χ0n) is 10.4. The zero-order chi connectivity index (χ0) is 13.0. The van der Waals surface area contributed by atoms with Gasteiger partial charge < -0.3 is 14.5 Å². The fourth-order valence-electron chi connectivity index (χ4n) is 1.75. The molecule has 1 N–H and O–H groups in total. The maximum absolute atomic E-state index is 12.2. The van der Waals surface area contributed by atoms with Crippen LogP contribution in [0.2, 0.25) is 0 Å². The van der Waals surface area contributed by atoms with Gasteiger partial charge in [-0.05, 0) is 18.7 Å². The molecule has 0 atom stereocenters. The predicted octanol–water partition coefficient (Wildman–Crippen LogP) is 0.410. The second-order valence-electron chi connectivity index (χ2n) is 4.02. The minimum Gasteiger partial charge on any atom is -0.447 e. The van der Waals surface area contributed by atoms with Crippen molar-refractivity contribution >= 4 is 10.0 Å². The Kier molecular flexibility index (Phi) is 4.39. The van der Waals surface area contributed by atoms with E-state index in [2.05, 4.69) is 5.32 Å². The SMILES string of the molecule is CCNCc1ccc(S(=O)(=O)N2CCOCC2)o1. The summed E-state index contributed by atoms with van der Waals surface area (Å²) in [5, 5.41) is 3.10. The molecule has 18 heavy (non-hydrogen) atoms. The van der Waals surface area contributed by atoms with Crippen molar-refractivity contribution in [3.8, 4) is 0 Å². The smallest absolute Gasteiger partial charge is 0.276 e. The van der Waals surface area contributed by atoms with Crippen molar-refractivity contribution in [2.24, 2.45) is 0 Å². The van der Waals surface area contributed by atoms with E-state index in [-0.39, 0.29) is 5.09 Å². The van der Waals surface area contributed by atoms with Gasteiger partial charge in [-0.15, -0.1) is 0 Å². The van der Waals surface area contributed by atoms with E-state index in [0.29, 0.717) is 38.6 Å². The normalized spacial score (nSPS) is 18.1. The maximum Gasteiger partial charge on any atom is 0.276 e. The highest BCUT2D eigenvalue weighted by Gasteiger charge is 2.29. The van der Waals surface area contributed by atoms with E-state index in [1.165, 1.54) is 10.4 Å². The standard InChI is InChI=1S/C11H18N2O4S/c1-2-12-9-10-3-4-11(17-10)18(14,15)13-5-7-16-8-6-13/h3-4,12H,2,5-9H2,1H3. The second kappa shape index (κ2) is 5.83. The minimum absolute atomic E-state index is 0.0114. The summed E-state index contributed by atoms with van der Waals surface area (Å²) in [4.78, 5) is 0. The van der Waals surface area contributed by atoms with Gasteiger partial charge in [-0.25, -0.2) is 8.42 Å².